The first-order chi connectivity index (χ1) is 7.24. The minimum Gasteiger partial charge on any atom is -0.382 e. The SMILES string of the molecule is N#Cc1c(N)nn(-c2ccccc2)c1N. The molecule has 2 rings (SSSR count). The number of nitriles is 1. The molecule has 0 radical (unpaired) electrons. The van der Waals surface area contributed by atoms with Crippen LogP contribution in [0.3, 0.4) is 0 Å². The van der Waals surface area contributed by atoms with E-state index in [4.69, 9.17) is 16.7 Å². The number of rotatable bonds is 1. The van der Waals surface area contributed by atoms with Crippen LogP contribution >= 0.6 is 0 Å². The van der Waals surface area contributed by atoms with E-state index in [1.165, 1.54) is 4.68 Å². The zero-order valence-corrected chi connectivity index (χ0v) is 7.88. The van der Waals surface area contributed by atoms with E-state index in [2.05, 4.69) is 5.10 Å². The van der Waals surface area contributed by atoms with Gasteiger partial charge in [0, 0.05) is 0 Å². The lowest BCUT2D eigenvalue weighted by molar-refractivity contribution is 0.897. The summed E-state index contributed by atoms with van der Waals surface area (Å²) in [7, 11) is 0. The minimum atomic E-state index is 0.152. The summed E-state index contributed by atoms with van der Waals surface area (Å²) in [5.74, 6) is 0.417. The van der Waals surface area contributed by atoms with E-state index < -0.39 is 0 Å². The molecule has 0 amide bonds. The molecule has 0 aliphatic heterocycles. The lowest BCUT2D eigenvalue weighted by Gasteiger charge is -2.02. The Balaban J connectivity index is 2.62. The highest BCUT2D eigenvalue weighted by Crippen LogP contribution is 2.21. The lowest BCUT2D eigenvalue weighted by atomic mass is 10.3. The first-order valence-electron chi connectivity index (χ1n) is 4.33. The Morgan fingerprint density at radius 1 is 1.20 bits per heavy atom. The van der Waals surface area contributed by atoms with Crippen LogP contribution in [0.1, 0.15) is 5.56 Å². The van der Waals surface area contributed by atoms with Gasteiger partial charge in [0.25, 0.3) is 0 Å². The standard InChI is InChI=1S/C10H9N5/c11-6-8-9(12)14-15(10(8)13)7-4-2-1-3-5-7/h1-5H,13H2,(H2,12,14). The highest BCUT2D eigenvalue weighted by Gasteiger charge is 2.13. The van der Waals surface area contributed by atoms with Crippen molar-refractivity contribution in [3.8, 4) is 11.8 Å². The van der Waals surface area contributed by atoms with Crippen LogP contribution in [0.4, 0.5) is 11.6 Å². The monoisotopic (exact) mass is 199 g/mol. The van der Waals surface area contributed by atoms with Crippen LogP contribution in [0.5, 0.6) is 0 Å². The number of hydrogen-bond donors (Lipinski definition) is 2. The molecule has 5 heteroatoms. The number of nitrogens with two attached hydrogens (primary N) is 2. The van der Waals surface area contributed by atoms with E-state index in [9.17, 15) is 0 Å². The van der Waals surface area contributed by atoms with Gasteiger partial charge in [0.05, 0.1) is 5.69 Å². The van der Waals surface area contributed by atoms with Crippen LogP contribution in [0.2, 0.25) is 0 Å². The van der Waals surface area contributed by atoms with Gasteiger partial charge in [-0.2, -0.15) is 5.26 Å². The Kier molecular flexibility index (Phi) is 2.03. The third kappa shape index (κ3) is 1.38. The van der Waals surface area contributed by atoms with Gasteiger partial charge in [-0.15, -0.1) is 5.10 Å². The van der Waals surface area contributed by atoms with Crippen molar-refractivity contribution >= 4 is 11.6 Å². The molecule has 0 bridgehead atoms. The summed E-state index contributed by atoms with van der Waals surface area (Å²) in [4.78, 5) is 0. The maximum Gasteiger partial charge on any atom is 0.166 e. The van der Waals surface area contributed by atoms with Gasteiger partial charge in [-0.05, 0) is 12.1 Å². The molecular formula is C10H9N5. The highest BCUT2D eigenvalue weighted by atomic mass is 15.3. The van der Waals surface area contributed by atoms with Crippen molar-refractivity contribution in [2.24, 2.45) is 0 Å². The fourth-order valence-electron chi connectivity index (χ4n) is 1.33. The maximum atomic E-state index is 8.80. The van der Waals surface area contributed by atoms with E-state index in [0.29, 0.717) is 0 Å². The molecule has 74 valence electrons. The second kappa shape index (κ2) is 3.35. The van der Waals surface area contributed by atoms with Crippen LogP contribution in [0.25, 0.3) is 5.69 Å². The molecule has 1 aromatic carbocycles. The third-order valence-corrected chi connectivity index (χ3v) is 2.06. The van der Waals surface area contributed by atoms with Gasteiger partial charge in [0.2, 0.25) is 0 Å². The fourth-order valence-corrected chi connectivity index (χ4v) is 1.33. The van der Waals surface area contributed by atoms with Crippen molar-refractivity contribution in [1.82, 2.24) is 9.78 Å². The lowest BCUT2D eigenvalue weighted by Crippen LogP contribution is -2.02. The van der Waals surface area contributed by atoms with Gasteiger partial charge in [0.1, 0.15) is 17.5 Å². The second-order valence-electron chi connectivity index (χ2n) is 3.00. The van der Waals surface area contributed by atoms with Gasteiger partial charge in [-0.3, -0.25) is 0 Å². The molecule has 4 N–H and O–H groups in total. The number of benzene rings is 1. The van der Waals surface area contributed by atoms with Crippen molar-refractivity contribution in [2.75, 3.05) is 11.5 Å². The summed E-state index contributed by atoms with van der Waals surface area (Å²) in [5.41, 5.74) is 12.3. The normalized spacial score (nSPS) is 9.80. The molecular weight excluding hydrogens is 190 g/mol. The minimum absolute atomic E-state index is 0.152. The van der Waals surface area contributed by atoms with Crippen molar-refractivity contribution in [1.29, 1.82) is 5.26 Å². The van der Waals surface area contributed by atoms with Crippen LogP contribution in [-0.4, -0.2) is 9.78 Å². The summed E-state index contributed by atoms with van der Waals surface area (Å²) in [5, 5.41) is 12.8. The molecule has 15 heavy (non-hydrogen) atoms. The summed E-state index contributed by atoms with van der Waals surface area (Å²) in [6.07, 6.45) is 0. The van der Waals surface area contributed by atoms with Crippen molar-refractivity contribution in [3.05, 3.63) is 35.9 Å². The fraction of sp³-hybridized carbons (Fsp3) is 0. The number of anilines is 2. The number of aromatic nitrogens is 2. The molecule has 5 nitrogen and oxygen atoms in total. The molecule has 0 spiro atoms. The molecule has 0 aliphatic carbocycles. The molecule has 0 aliphatic rings. The topological polar surface area (TPSA) is 93.6 Å². The molecule has 0 atom stereocenters. The van der Waals surface area contributed by atoms with E-state index in [0.717, 1.165) is 5.69 Å². The molecule has 0 saturated carbocycles. The summed E-state index contributed by atoms with van der Waals surface area (Å²) in [6.45, 7) is 0. The van der Waals surface area contributed by atoms with Gasteiger partial charge >= 0.3 is 0 Å². The molecule has 2 aromatic rings. The van der Waals surface area contributed by atoms with Crippen molar-refractivity contribution in [2.45, 2.75) is 0 Å². The van der Waals surface area contributed by atoms with E-state index in [1.54, 1.807) is 0 Å². The van der Waals surface area contributed by atoms with Crippen LogP contribution < -0.4 is 11.5 Å². The Morgan fingerprint density at radius 3 is 2.40 bits per heavy atom. The highest BCUT2D eigenvalue weighted by molar-refractivity contribution is 5.64. The molecule has 1 aromatic heterocycles. The Labute approximate surface area is 86.5 Å². The zero-order valence-electron chi connectivity index (χ0n) is 7.88. The van der Waals surface area contributed by atoms with E-state index >= 15 is 0 Å². The third-order valence-electron chi connectivity index (χ3n) is 2.06. The quantitative estimate of drug-likeness (QED) is 0.713. The van der Waals surface area contributed by atoms with Crippen molar-refractivity contribution < 1.29 is 0 Å². The number of nitrogens with zero attached hydrogens (tertiary/aromatic N) is 3. The summed E-state index contributed by atoms with van der Waals surface area (Å²) < 4.78 is 1.45. The maximum absolute atomic E-state index is 8.80. The van der Waals surface area contributed by atoms with Gasteiger partial charge in [-0.1, -0.05) is 18.2 Å². The number of hydrogen-bond acceptors (Lipinski definition) is 4. The molecule has 0 unspecified atom stereocenters. The second-order valence-corrected chi connectivity index (χ2v) is 3.00. The Hall–Kier alpha value is -2.48. The van der Waals surface area contributed by atoms with Gasteiger partial charge in [-0.25, -0.2) is 4.68 Å². The van der Waals surface area contributed by atoms with Crippen LogP contribution in [-0.2, 0) is 0 Å². The average molecular weight is 199 g/mol. The number of nitrogen functional groups attached to an aromatic ring is 2. The predicted octanol–water partition coefficient (Wildman–Crippen LogP) is 0.908. The van der Waals surface area contributed by atoms with Gasteiger partial charge < -0.3 is 11.5 Å². The Morgan fingerprint density at radius 2 is 1.87 bits per heavy atom. The zero-order chi connectivity index (χ0) is 10.8. The Bertz CT molecular complexity index is 521. The largest absolute Gasteiger partial charge is 0.382 e. The first kappa shape index (κ1) is 9.09. The van der Waals surface area contributed by atoms with Crippen molar-refractivity contribution in [3.63, 3.8) is 0 Å². The molecule has 1 heterocycles. The van der Waals surface area contributed by atoms with E-state index in [1.807, 2.05) is 36.4 Å². The number of para-hydroxylation sites is 1. The van der Waals surface area contributed by atoms with Crippen LogP contribution in [0.15, 0.2) is 30.3 Å². The first-order valence-corrected chi connectivity index (χ1v) is 4.33. The summed E-state index contributed by atoms with van der Waals surface area (Å²) >= 11 is 0. The van der Waals surface area contributed by atoms with Gasteiger partial charge in [0.15, 0.2) is 5.82 Å². The predicted molar refractivity (Wildman–Crippen MR) is 57.1 cm³/mol. The van der Waals surface area contributed by atoms with E-state index in [-0.39, 0.29) is 17.2 Å². The summed E-state index contributed by atoms with van der Waals surface area (Å²) in [6, 6.07) is 11.2. The molecule has 0 fully saturated rings. The average Bonchev–Trinajstić information content (AvgIpc) is 2.55. The smallest absolute Gasteiger partial charge is 0.166 e. The molecule has 0 saturated heterocycles. The van der Waals surface area contributed by atoms with Crippen LogP contribution in [0, 0.1) is 11.3 Å².